The highest BCUT2D eigenvalue weighted by molar-refractivity contribution is 5.85. The summed E-state index contributed by atoms with van der Waals surface area (Å²) in [5, 5.41) is 13.4. The minimum absolute atomic E-state index is 0. The molecule has 1 aromatic rings. The maximum atomic E-state index is 12.3. The largest absolute Gasteiger partial charge is 0.493 e. The molecule has 1 rings (SSSR count). The average molecular weight is 503 g/mol. The smallest absolute Gasteiger partial charge is 0.225 e. The first-order valence-corrected chi connectivity index (χ1v) is 12.1. The fourth-order valence-electron chi connectivity index (χ4n) is 3.50. The molecule has 0 saturated heterocycles. The minimum atomic E-state index is -0.793. The third-order valence-electron chi connectivity index (χ3n) is 6.46. The van der Waals surface area contributed by atoms with Gasteiger partial charge in [-0.05, 0) is 48.8 Å². The monoisotopic (exact) mass is 502 g/mol. The van der Waals surface area contributed by atoms with Gasteiger partial charge in [0.25, 0.3) is 0 Å². The lowest BCUT2D eigenvalue weighted by Gasteiger charge is -2.28. The second-order valence-corrected chi connectivity index (χ2v) is 9.80. The Morgan fingerprint density at radius 3 is 2.41 bits per heavy atom. The van der Waals surface area contributed by atoms with E-state index in [9.17, 15) is 9.90 Å². The molecule has 8 heteroatoms. The molecule has 0 spiro atoms. The van der Waals surface area contributed by atoms with Gasteiger partial charge >= 0.3 is 0 Å². The first-order chi connectivity index (χ1) is 15.5. The second kappa shape index (κ2) is 16.2. The summed E-state index contributed by atoms with van der Waals surface area (Å²) in [5.41, 5.74) is 7.03. The summed E-state index contributed by atoms with van der Waals surface area (Å²) in [7, 11) is 3.31. The summed E-state index contributed by atoms with van der Waals surface area (Å²) < 4.78 is 16.4. The Hall–Kier alpha value is -1.54. The number of ether oxygens (including phenoxy) is 3. The first kappa shape index (κ1) is 32.5. The van der Waals surface area contributed by atoms with Crippen LogP contribution < -0.4 is 20.5 Å². The first-order valence-electron chi connectivity index (χ1n) is 12.1. The number of hydrogen-bond donors (Lipinski definition) is 3. The highest BCUT2D eigenvalue weighted by Gasteiger charge is 2.27. The molecular weight excluding hydrogens is 456 g/mol. The number of halogens is 1. The van der Waals surface area contributed by atoms with Crippen LogP contribution in [0.25, 0.3) is 0 Å². The Bertz CT molecular complexity index is 714. The summed E-state index contributed by atoms with van der Waals surface area (Å²) in [6.45, 7) is 11.5. The van der Waals surface area contributed by atoms with Crippen molar-refractivity contribution in [2.24, 2.45) is 23.0 Å². The molecule has 0 aliphatic rings. The van der Waals surface area contributed by atoms with E-state index in [2.05, 4.69) is 19.2 Å². The number of carbonyl (C=O) groups is 1. The standard InChI is InChI=1S/C26H46N2O5.ClH/c1-8-26(4,5)25(30)28-17-22(29)21(27)16-20(18(2)3)14-19-10-11-23(32-7)24(15-19)33-13-9-12-31-6;/h10-11,15,18,20-22,29H,8-9,12-14,16-17,27H2,1-7H3,(H,28,30);1H/t20-,21-,22-;/m0./s1. The third kappa shape index (κ3) is 10.8. The van der Waals surface area contributed by atoms with E-state index in [1.807, 2.05) is 39.0 Å². The average Bonchev–Trinajstić information content (AvgIpc) is 2.79. The SMILES string of the molecule is CCC(C)(C)C(=O)NC[C@H](O)[C@@H](N)C[C@H](Cc1ccc(OC)c(OCCCOC)c1)C(C)C.Cl. The maximum Gasteiger partial charge on any atom is 0.225 e. The van der Waals surface area contributed by atoms with Crippen molar-refractivity contribution >= 4 is 18.3 Å². The highest BCUT2D eigenvalue weighted by Crippen LogP contribution is 2.31. The van der Waals surface area contributed by atoms with Gasteiger partial charge in [-0.15, -0.1) is 12.4 Å². The zero-order valence-corrected chi connectivity index (χ0v) is 22.9. The normalized spacial score (nSPS) is 14.2. The molecule has 0 fully saturated rings. The van der Waals surface area contributed by atoms with Crippen LogP contribution in [-0.2, 0) is 16.0 Å². The zero-order valence-electron chi connectivity index (χ0n) is 22.1. The molecule has 1 aromatic carbocycles. The van der Waals surface area contributed by atoms with Crippen molar-refractivity contribution in [1.82, 2.24) is 5.32 Å². The molecule has 1 amide bonds. The molecule has 0 aliphatic carbocycles. The molecule has 4 N–H and O–H groups in total. The molecule has 0 heterocycles. The van der Waals surface area contributed by atoms with Gasteiger partial charge in [0.15, 0.2) is 11.5 Å². The molecule has 7 nitrogen and oxygen atoms in total. The van der Waals surface area contributed by atoms with Crippen molar-refractivity contribution in [3.63, 3.8) is 0 Å². The lowest BCUT2D eigenvalue weighted by atomic mass is 9.83. The van der Waals surface area contributed by atoms with Crippen molar-refractivity contribution < 1.29 is 24.1 Å². The van der Waals surface area contributed by atoms with Gasteiger partial charge in [-0.25, -0.2) is 0 Å². The van der Waals surface area contributed by atoms with Gasteiger partial charge in [0.1, 0.15) is 0 Å². The van der Waals surface area contributed by atoms with Gasteiger partial charge in [-0.3, -0.25) is 4.79 Å². The van der Waals surface area contributed by atoms with Crippen molar-refractivity contribution in [2.45, 2.75) is 72.4 Å². The fraction of sp³-hybridized carbons (Fsp3) is 0.731. The maximum absolute atomic E-state index is 12.3. The van der Waals surface area contributed by atoms with Crippen LogP contribution in [0.15, 0.2) is 18.2 Å². The van der Waals surface area contributed by atoms with E-state index in [4.69, 9.17) is 19.9 Å². The number of hydrogen-bond acceptors (Lipinski definition) is 6. The lowest BCUT2D eigenvalue weighted by molar-refractivity contribution is -0.130. The van der Waals surface area contributed by atoms with Gasteiger partial charge in [0.05, 0.1) is 19.8 Å². The second-order valence-electron chi connectivity index (χ2n) is 9.80. The summed E-state index contributed by atoms with van der Waals surface area (Å²) in [6, 6.07) is 5.57. The van der Waals surface area contributed by atoms with Gasteiger partial charge in [-0.1, -0.05) is 40.7 Å². The summed E-state index contributed by atoms with van der Waals surface area (Å²) in [5.74, 6) is 2.01. The number of methoxy groups -OCH3 is 2. The van der Waals surface area contributed by atoms with E-state index in [1.54, 1.807) is 14.2 Å². The number of aliphatic hydroxyl groups excluding tert-OH is 1. The van der Waals surface area contributed by atoms with Crippen LogP contribution in [0.1, 0.15) is 59.4 Å². The molecule has 3 atom stereocenters. The molecule has 0 saturated carbocycles. The quantitative estimate of drug-likeness (QED) is 0.295. The third-order valence-corrected chi connectivity index (χ3v) is 6.46. The predicted molar refractivity (Wildman–Crippen MR) is 140 cm³/mol. The zero-order chi connectivity index (χ0) is 25.0. The Labute approximate surface area is 212 Å². The van der Waals surface area contributed by atoms with Crippen LogP contribution in [0.2, 0.25) is 0 Å². The molecule has 0 bridgehead atoms. The summed E-state index contributed by atoms with van der Waals surface area (Å²) >= 11 is 0. The van der Waals surface area contributed by atoms with Crippen molar-refractivity contribution in [3.05, 3.63) is 23.8 Å². The van der Waals surface area contributed by atoms with Gasteiger partial charge < -0.3 is 30.4 Å². The van der Waals surface area contributed by atoms with Crippen LogP contribution in [0.5, 0.6) is 11.5 Å². The van der Waals surface area contributed by atoms with Gasteiger partial charge in [-0.2, -0.15) is 0 Å². The lowest BCUT2D eigenvalue weighted by Crippen LogP contribution is -2.47. The molecular formula is C26H47ClN2O5. The van der Waals surface area contributed by atoms with Crippen LogP contribution in [0.4, 0.5) is 0 Å². The van der Waals surface area contributed by atoms with E-state index < -0.39 is 17.6 Å². The fourth-order valence-corrected chi connectivity index (χ4v) is 3.50. The van der Waals surface area contributed by atoms with Crippen molar-refractivity contribution in [3.8, 4) is 11.5 Å². The van der Waals surface area contributed by atoms with Crippen LogP contribution in [0, 0.1) is 17.3 Å². The highest BCUT2D eigenvalue weighted by atomic mass is 35.5. The van der Waals surface area contributed by atoms with Crippen molar-refractivity contribution in [2.75, 3.05) is 34.0 Å². The Morgan fingerprint density at radius 1 is 1.18 bits per heavy atom. The molecule has 0 radical (unpaired) electrons. The number of nitrogens with two attached hydrogens (primary N) is 1. The number of rotatable bonds is 16. The van der Waals surface area contributed by atoms with Gasteiger partial charge in [0.2, 0.25) is 5.91 Å². The number of nitrogens with one attached hydrogen (secondary N) is 1. The molecule has 198 valence electrons. The minimum Gasteiger partial charge on any atom is -0.493 e. The van der Waals surface area contributed by atoms with Crippen molar-refractivity contribution in [1.29, 1.82) is 0 Å². The summed E-state index contributed by atoms with van der Waals surface area (Å²) in [4.78, 5) is 12.3. The van der Waals surface area contributed by atoms with Crippen LogP contribution in [0.3, 0.4) is 0 Å². The predicted octanol–water partition coefficient (Wildman–Crippen LogP) is 3.98. The number of carbonyl (C=O) groups excluding carboxylic acids is 1. The van der Waals surface area contributed by atoms with Crippen LogP contribution >= 0.6 is 12.4 Å². The Kier molecular flexibility index (Phi) is 15.5. The van der Waals surface area contributed by atoms with E-state index in [0.717, 1.165) is 30.6 Å². The number of aliphatic hydroxyl groups is 1. The van der Waals surface area contributed by atoms with Gasteiger partial charge in [0, 0.05) is 38.1 Å². The number of amides is 1. The number of benzene rings is 1. The molecule has 34 heavy (non-hydrogen) atoms. The van der Waals surface area contributed by atoms with Crippen LogP contribution in [-0.4, -0.2) is 57.1 Å². The van der Waals surface area contributed by atoms with E-state index >= 15 is 0 Å². The summed E-state index contributed by atoms with van der Waals surface area (Å²) in [6.07, 6.45) is 2.21. The Balaban J connectivity index is 0.0000109. The molecule has 0 unspecified atom stereocenters. The van der Waals surface area contributed by atoms with E-state index in [-0.39, 0.29) is 30.8 Å². The topological polar surface area (TPSA) is 103 Å². The molecule has 0 aromatic heterocycles. The van der Waals surface area contributed by atoms with E-state index in [0.29, 0.717) is 31.3 Å². The van der Waals surface area contributed by atoms with E-state index in [1.165, 1.54) is 0 Å². The Morgan fingerprint density at radius 2 is 1.85 bits per heavy atom. The molecule has 0 aliphatic heterocycles.